The number of rotatable bonds is 8. The first-order chi connectivity index (χ1) is 15.6. The predicted octanol–water partition coefficient (Wildman–Crippen LogP) is 8.64. The van der Waals surface area contributed by atoms with E-state index >= 15 is 0 Å². The highest BCUT2D eigenvalue weighted by molar-refractivity contribution is 14.1. The molecule has 2 aromatic rings. The maximum absolute atomic E-state index is 14.4. The van der Waals surface area contributed by atoms with E-state index in [0.717, 1.165) is 12.8 Å². The first kappa shape index (κ1) is 24.7. The molecule has 0 aromatic heterocycles. The molecular weight excluding hydrogens is 618 g/mol. The molecule has 0 radical (unpaired) electrons. The lowest BCUT2D eigenvalue weighted by Gasteiger charge is -2.36. The fraction of sp³-hybridized carbons (Fsp3) is 0.552. The molecule has 2 unspecified atom stereocenters. The molecule has 0 heterocycles. The molecule has 0 N–H and O–H groups in total. The van der Waals surface area contributed by atoms with Crippen LogP contribution >= 0.6 is 45.2 Å². The van der Waals surface area contributed by atoms with Gasteiger partial charge < -0.3 is 0 Å². The maximum atomic E-state index is 14.4. The minimum atomic E-state index is 0.186. The lowest BCUT2D eigenvalue weighted by molar-refractivity contribution is -0.131. The van der Waals surface area contributed by atoms with Crippen LogP contribution in [0.15, 0.2) is 48.5 Å². The fourth-order valence-corrected chi connectivity index (χ4v) is 6.82. The molecule has 2 aliphatic rings. The summed E-state index contributed by atoms with van der Waals surface area (Å²) in [7, 11) is 0. The van der Waals surface area contributed by atoms with Gasteiger partial charge in [-0.2, -0.15) is 0 Å². The molecule has 2 aliphatic carbocycles. The molecule has 0 spiro atoms. The van der Waals surface area contributed by atoms with E-state index in [0.29, 0.717) is 17.6 Å². The number of hydrogen-bond donors (Lipinski definition) is 0. The van der Waals surface area contributed by atoms with Gasteiger partial charge in [0.05, 0.1) is 0 Å². The van der Waals surface area contributed by atoms with Gasteiger partial charge in [-0.25, -0.2) is 0 Å². The second-order valence-electron chi connectivity index (χ2n) is 10.1. The van der Waals surface area contributed by atoms with Crippen molar-refractivity contribution in [2.24, 2.45) is 23.7 Å². The van der Waals surface area contributed by atoms with Crippen LogP contribution in [0, 0.1) is 30.8 Å². The number of hydrogen-bond acceptors (Lipinski definition) is 1. The Morgan fingerprint density at radius 1 is 0.625 bits per heavy atom. The molecule has 172 valence electrons. The van der Waals surface area contributed by atoms with Crippen molar-refractivity contribution in [2.45, 2.75) is 77.0 Å². The molecule has 2 atom stereocenters. The van der Waals surface area contributed by atoms with E-state index in [1.807, 2.05) is 0 Å². The molecule has 0 aliphatic heterocycles. The summed E-state index contributed by atoms with van der Waals surface area (Å²) in [5.74, 6) is 2.09. The summed E-state index contributed by atoms with van der Waals surface area (Å²) < 4.78 is 2.54. The summed E-state index contributed by atoms with van der Waals surface area (Å²) in [4.78, 5) is 14.4. The monoisotopic (exact) mass is 654 g/mol. The first-order valence-electron chi connectivity index (χ1n) is 12.6. The number of Topliss-reactive ketones (excluding diaryl/α,β-unsaturated/α-hetero) is 1. The van der Waals surface area contributed by atoms with Gasteiger partial charge in [0.1, 0.15) is 5.78 Å². The Labute approximate surface area is 221 Å². The Kier molecular flexibility index (Phi) is 9.51. The SMILES string of the molecule is O=C(C(Cc1ccc(I)cc1)C1CCCCC1)C(Cc1ccc(I)cc1)C1CCCCC1. The number of halogens is 2. The first-order valence-corrected chi connectivity index (χ1v) is 14.8. The van der Waals surface area contributed by atoms with Crippen molar-refractivity contribution in [3.05, 3.63) is 66.8 Å². The highest BCUT2D eigenvalue weighted by Gasteiger charge is 2.37. The molecule has 0 amide bonds. The summed E-state index contributed by atoms with van der Waals surface area (Å²) in [5.41, 5.74) is 2.68. The Morgan fingerprint density at radius 3 is 1.31 bits per heavy atom. The van der Waals surface area contributed by atoms with Crippen molar-refractivity contribution in [3.63, 3.8) is 0 Å². The normalized spacial score (nSPS) is 20.1. The molecule has 4 rings (SSSR count). The lowest BCUT2D eigenvalue weighted by Crippen LogP contribution is -2.37. The molecule has 2 aromatic carbocycles. The van der Waals surface area contributed by atoms with Gasteiger partial charge in [-0.15, -0.1) is 0 Å². The number of benzene rings is 2. The molecular formula is C29H36I2O. The van der Waals surface area contributed by atoms with Crippen molar-refractivity contribution in [2.75, 3.05) is 0 Å². The second-order valence-corrected chi connectivity index (χ2v) is 12.6. The zero-order chi connectivity index (χ0) is 22.3. The van der Waals surface area contributed by atoms with Gasteiger partial charge in [0.2, 0.25) is 0 Å². The van der Waals surface area contributed by atoms with Gasteiger partial charge in [-0.1, -0.05) is 62.8 Å². The Balaban J connectivity index is 1.60. The zero-order valence-corrected chi connectivity index (χ0v) is 23.4. The quantitative estimate of drug-likeness (QED) is 0.261. The van der Waals surface area contributed by atoms with Crippen LogP contribution in [0.1, 0.15) is 75.3 Å². The number of carbonyl (C=O) groups excluding carboxylic acids is 1. The van der Waals surface area contributed by atoms with E-state index in [9.17, 15) is 4.79 Å². The third-order valence-electron chi connectivity index (χ3n) is 7.91. The van der Waals surface area contributed by atoms with Crippen molar-refractivity contribution in [3.8, 4) is 0 Å². The second kappa shape index (κ2) is 12.3. The predicted molar refractivity (Wildman–Crippen MR) is 151 cm³/mol. The van der Waals surface area contributed by atoms with Crippen LogP contribution in [0.3, 0.4) is 0 Å². The van der Waals surface area contributed by atoms with Gasteiger partial charge in [0.15, 0.2) is 0 Å². The van der Waals surface area contributed by atoms with E-state index < -0.39 is 0 Å². The van der Waals surface area contributed by atoms with Crippen LogP contribution in [0.25, 0.3) is 0 Å². The summed E-state index contributed by atoms with van der Waals surface area (Å²) in [6, 6.07) is 17.8. The summed E-state index contributed by atoms with van der Waals surface area (Å²) in [6.45, 7) is 0. The van der Waals surface area contributed by atoms with Crippen LogP contribution in [0.2, 0.25) is 0 Å². The van der Waals surface area contributed by atoms with Crippen LogP contribution < -0.4 is 0 Å². The summed E-state index contributed by atoms with van der Waals surface area (Å²) in [5, 5.41) is 0. The molecule has 32 heavy (non-hydrogen) atoms. The molecule has 2 fully saturated rings. The van der Waals surface area contributed by atoms with E-state index in [1.165, 1.54) is 82.5 Å². The average Bonchev–Trinajstić information content (AvgIpc) is 2.84. The van der Waals surface area contributed by atoms with Crippen LogP contribution in [0.5, 0.6) is 0 Å². The Morgan fingerprint density at radius 2 is 0.969 bits per heavy atom. The lowest BCUT2D eigenvalue weighted by atomic mass is 9.67. The fourth-order valence-electron chi connectivity index (χ4n) is 6.10. The van der Waals surface area contributed by atoms with E-state index in [-0.39, 0.29) is 11.8 Å². The highest BCUT2D eigenvalue weighted by atomic mass is 127. The summed E-state index contributed by atoms with van der Waals surface area (Å²) >= 11 is 4.75. The van der Waals surface area contributed by atoms with Gasteiger partial charge in [-0.3, -0.25) is 4.79 Å². The minimum Gasteiger partial charge on any atom is -0.299 e. The molecule has 1 nitrogen and oxygen atoms in total. The van der Waals surface area contributed by atoms with Gasteiger partial charge in [-0.05, 0) is 131 Å². The maximum Gasteiger partial charge on any atom is 0.140 e. The van der Waals surface area contributed by atoms with Crippen molar-refractivity contribution in [1.82, 2.24) is 0 Å². The largest absolute Gasteiger partial charge is 0.299 e. The van der Waals surface area contributed by atoms with Crippen LogP contribution in [-0.4, -0.2) is 5.78 Å². The topological polar surface area (TPSA) is 17.1 Å². The molecule has 3 heteroatoms. The van der Waals surface area contributed by atoms with Gasteiger partial charge in [0, 0.05) is 19.0 Å². The van der Waals surface area contributed by atoms with E-state index in [4.69, 9.17) is 0 Å². The molecule has 2 saturated carbocycles. The van der Waals surface area contributed by atoms with Crippen molar-refractivity contribution >= 4 is 51.0 Å². The van der Waals surface area contributed by atoms with Crippen LogP contribution in [0.4, 0.5) is 0 Å². The molecule has 0 bridgehead atoms. The summed E-state index contributed by atoms with van der Waals surface area (Å²) in [6.07, 6.45) is 14.7. The smallest absolute Gasteiger partial charge is 0.140 e. The highest BCUT2D eigenvalue weighted by Crippen LogP contribution is 2.39. The Hall–Kier alpha value is -0.430. The third kappa shape index (κ3) is 6.80. The number of carbonyl (C=O) groups is 1. The van der Waals surface area contributed by atoms with Crippen LogP contribution in [-0.2, 0) is 17.6 Å². The van der Waals surface area contributed by atoms with Crippen molar-refractivity contribution < 1.29 is 4.79 Å². The number of ketones is 1. The Bertz CT molecular complexity index is 774. The van der Waals surface area contributed by atoms with Gasteiger partial charge >= 0.3 is 0 Å². The van der Waals surface area contributed by atoms with E-state index in [1.54, 1.807) is 0 Å². The third-order valence-corrected chi connectivity index (χ3v) is 9.34. The zero-order valence-electron chi connectivity index (χ0n) is 19.1. The van der Waals surface area contributed by atoms with Crippen molar-refractivity contribution in [1.29, 1.82) is 0 Å². The minimum absolute atomic E-state index is 0.186. The standard InChI is InChI=1S/C29H36I2O/c30-25-15-11-21(12-16-25)19-27(23-7-3-1-4-8-23)29(32)28(24-9-5-2-6-10-24)20-22-13-17-26(31)18-14-22/h11-18,23-24,27-28H,1-10,19-20H2. The van der Waals surface area contributed by atoms with E-state index in [2.05, 4.69) is 93.7 Å². The average molecular weight is 654 g/mol. The molecule has 0 saturated heterocycles. The van der Waals surface area contributed by atoms with Gasteiger partial charge in [0.25, 0.3) is 0 Å².